The van der Waals surface area contributed by atoms with Crippen molar-refractivity contribution >= 4 is 17.2 Å². The molecule has 110 valence electrons. The SMILES string of the molecule is NC(=O)c1cc(-c2csc(-c3ccc(O)cc3)n2)ccc1O. The lowest BCUT2D eigenvalue weighted by Crippen LogP contribution is -2.11. The number of primary amides is 1. The number of phenols is 2. The Labute approximate surface area is 130 Å². The molecule has 22 heavy (non-hydrogen) atoms. The third-order valence-corrected chi connectivity index (χ3v) is 4.07. The van der Waals surface area contributed by atoms with Crippen LogP contribution in [-0.2, 0) is 0 Å². The minimum absolute atomic E-state index is 0.0664. The number of amides is 1. The van der Waals surface area contributed by atoms with Crippen LogP contribution >= 0.6 is 11.3 Å². The topological polar surface area (TPSA) is 96.4 Å². The standard InChI is InChI=1S/C16H12N2O3S/c17-15(21)12-7-10(3-6-14(12)20)13-8-22-16(18-13)9-1-4-11(19)5-2-9/h1-8,19-20H,(H2,17,21). The zero-order chi connectivity index (χ0) is 15.7. The fourth-order valence-corrected chi connectivity index (χ4v) is 2.87. The molecule has 0 aliphatic rings. The van der Waals surface area contributed by atoms with Crippen LogP contribution in [0.3, 0.4) is 0 Å². The van der Waals surface area contributed by atoms with Gasteiger partial charge in [0.05, 0.1) is 11.3 Å². The summed E-state index contributed by atoms with van der Waals surface area (Å²) < 4.78 is 0. The number of aromatic nitrogens is 1. The van der Waals surface area contributed by atoms with E-state index in [4.69, 9.17) is 5.73 Å². The van der Waals surface area contributed by atoms with Crippen molar-refractivity contribution in [1.29, 1.82) is 0 Å². The molecule has 5 nitrogen and oxygen atoms in total. The molecule has 0 saturated heterocycles. The molecule has 0 unspecified atom stereocenters. The Morgan fingerprint density at radius 3 is 2.41 bits per heavy atom. The third kappa shape index (κ3) is 2.64. The Kier molecular flexibility index (Phi) is 3.52. The van der Waals surface area contributed by atoms with E-state index in [1.165, 1.54) is 23.5 Å². The smallest absolute Gasteiger partial charge is 0.252 e. The molecule has 3 rings (SSSR count). The highest BCUT2D eigenvalue weighted by molar-refractivity contribution is 7.13. The highest BCUT2D eigenvalue weighted by atomic mass is 32.1. The van der Waals surface area contributed by atoms with E-state index in [2.05, 4.69) is 4.98 Å². The van der Waals surface area contributed by atoms with Gasteiger partial charge < -0.3 is 15.9 Å². The minimum atomic E-state index is -0.687. The number of benzene rings is 2. The van der Waals surface area contributed by atoms with Gasteiger partial charge in [-0.1, -0.05) is 0 Å². The van der Waals surface area contributed by atoms with Gasteiger partial charge in [0.1, 0.15) is 16.5 Å². The molecular formula is C16H12N2O3S. The van der Waals surface area contributed by atoms with Gasteiger partial charge in [-0.3, -0.25) is 4.79 Å². The van der Waals surface area contributed by atoms with Crippen molar-refractivity contribution in [3.05, 3.63) is 53.4 Å². The molecule has 1 amide bonds. The van der Waals surface area contributed by atoms with E-state index in [0.29, 0.717) is 11.3 Å². The van der Waals surface area contributed by atoms with Crippen molar-refractivity contribution in [1.82, 2.24) is 4.98 Å². The summed E-state index contributed by atoms with van der Waals surface area (Å²) in [7, 11) is 0. The van der Waals surface area contributed by atoms with E-state index in [0.717, 1.165) is 10.6 Å². The van der Waals surface area contributed by atoms with E-state index < -0.39 is 5.91 Å². The average Bonchev–Trinajstić information content (AvgIpc) is 2.98. The predicted octanol–water partition coefficient (Wildman–Crippen LogP) is 2.99. The highest BCUT2D eigenvalue weighted by Gasteiger charge is 2.12. The number of rotatable bonds is 3. The molecule has 0 spiro atoms. The van der Waals surface area contributed by atoms with Gasteiger partial charge in [0.2, 0.25) is 0 Å². The maximum absolute atomic E-state index is 11.3. The van der Waals surface area contributed by atoms with Crippen LogP contribution in [0.4, 0.5) is 0 Å². The number of carbonyl (C=O) groups is 1. The lowest BCUT2D eigenvalue weighted by atomic mass is 10.1. The van der Waals surface area contributed by atoms with Crippen LogP contribution < -0.4 is 5.73 Å². The Morgan fingerprint density at radius 1 is 1.05 bits per heavy atom. The normalized spacial score (nSPS) is 10.5. The van der Waals surface area contributed by atoms with E-state index >= 15 is 0 Å². The first-order chi connectivity index (χ1) is 10.5. The first-order valence-electron chi connectivity index (χ1n) is 6.43. The number of hydrogen-bond acceptors (Lipinski definition) is 5. The second-order valence-electron chi connectivity index (χ2n) is 4.68. The van der Waals surface area contributed by atoms with Crippen LogP contribution in [0.5, 0.6) is 11.5 Å². The number of nitrogens with zero attached hydrogens (tertiary/aromatic N) is 1. The zero-order valence-corrected chi connectivity index (χ0v) is 12.2. The Morgan fingerprint density at radius 2 is 1.73 bits per heavy atom. The molecule has 0 aliphatic carbocycles. The molecule has 2 aromatic carbocycles. The second-order valence-corrected chi connectivity index (χ2v) is 5.54. The first-order valence-corrected chi connectivity index (χ1v) is 7.30. The molecule has 0 bridgehead atoms. The molecule has 0 aliphatic heterocycles. The summed E-state index contributed by atoms with van der Waals surface area (Å²) in [6.07, 6.45) is 0. The van der Waals surface area contributed by atoms with Crippen LogP contribution in [0.2, 0.25) is 0 Å². The third-order valence-electron chi connectivity index (χ3n) is 3.18. The molecule has 1 heterocycles. The van der Waals surface area contributed by atoms with Gasteiger partial charge in [0.15, 0.2) is 0 Å². The second kappa shape index (κ2) is 5.50. The Balaban J connectivity index is 1.99. The number of carbonyl (C=O) groups excluding carboxylic acids is 1. The van der Waals surface area contributed by atoms with E-state index in [9.17, 15) is 15.0 Å². The lowest BCUT2D eigenvalue weighted by Gasteiger charge is -2.03. The van der Waals surface area contributed by atoms with Gasteiger partial charge in [-0.25, -0.2) is 4.98 Å². The number of nitrogens with two attached hydrogens (primary N) is 1. The van der Waals surface area contributed by atoms with Gasteiger partial charge in [0.25, 0.3) is 5.91 Å². The van der Waals surface area contributed by atoms with Crippen molar-refractivity contribution in [3.8, 4) is 33.3 Å². The van der Waals surface area contributed by atoms with Crippen LogP contribution in [0.1, 0.15) is 10.4 Å². The summed E-state index contributed by atoms with van der Waals surface area (Å²) in [6, 6.07) is 11.4. The van der Waals surface area contributed by atoms with Gasteiger partial charge in [-0.05, 0) is 42.5 Å². The number of phenolic OH excluding ortho intramolecular Hbond substituents is 1. The van der Waals surface area contributed by atoms with Crippen molar-refractivity contribution in [2.75, 3.05) is 0 Å². The van der Waals surface area contributed by atoms with Crippen LogP contribution in [0, 0.1) is 0 Å². The summed E-state index contributed by atoms with van der Waals surface area (Å²) in [5, 5.41) is 21.6. The summed E-state index contributed by atoms with van der Waals surface area (Å²) >= 11 is 1.45. The average molecular weight is 312 g/mol. The van der Waals surface area contributed by atoms with Crippen LogP contribution in [-0.4, -0.2) is 21.1 Å². The van der Waals surface area contributed by atoms with Crippen molar-refractivity contribution in [2.45, 2.75) is 0 Å². The van der Waals surface area contributed by atoms with Gasteiger partial charge in [-0.2, -0.15) is 0 Å². The van der Waals surface area contributed by atoms with Crippen molar-refractivity contribution in [2.24, 2.45) is 5.73 Å². The maximum Gasteiger partial charge on any atom is 0.252 e. The number of hydrogen-bond donors (Lipinski definition) is 3. The maximum atomic E-state index is 11.3. The molecule has 4 N–H and O–H groups in total. The zero-order valence-electron chi connectivity index (χ0n) is 11.4. The molecular weight excluding hydrogens is 300 g/mol. The number of thiazole rings is 1. The highest BCUT2D eigenvalue weighted by Crippen LogP contribution is 2.31. The molecule has 6 heteroatoms. The van der Waals surface area contributed by atoms with Crippen molar-refractivity contribution in [3.63, 3.8) is 0 Å². The Hall–Kier alpha value is -2.86. The minimum Gasteiger partial charge on any atom is -0.508 e. The summed E-state index contributed by atoms with van der Waals surface area (Å²) in [5.74, 6) is -0.635. The predicted molar refractivity (Wildman–Crippen MR) is 84.8 cm³/mol. The van der Waals surface area contributed by atoms with E-state index in [-0.39, 0.29) is 17.1 Å². The molecule has 0 saturated carbocycles. The van der Waals surface area contributed by atoms with Gasteiger partial charge >= 0.3 is 0 Å². The molecule has 0 atom stereocenters. The van der Waals surface area contributed by atoms with Crippen LogP contribution in [0.15, 0.2) is 47.8 Å². The molecule has 0 fully saturated rings. The van der Waals surface area contributed by atoms with Gasteiger partial charge in [-0.15, -0.1) is 11.3 Å². The van der Waals surface area contributed by atoms with E-state index in [1.54, 1.807) is 30.3 Å². The quantitative estimate of drug-likeness (QED) is 0.692. The monoisotopic (exact) mass is 312 g/mol. The van der Waals surface area contributed by atoms with E-state index in [1.807, 2.05) is 5.38 Å². The largest absolute Gasteiger partial charge is 0.508 e. The summed E-state index contributed by atoms with van der Waals surface area (Å²) in [6.45, 7) is 0. The lowest BCUT2D eigenvalue weighted by molar-refractivity contribution is 0.0998. The fourth-order valence-electron chi connectivity index (χ4n) is 2.04. The van der Waals surface area contributed by atoms with Gasteiger partial charge in [0, 0.05) is 16.5 Å². The molecule has 0 radical (unpaired) electrons. The summed E-state index contributed by atoms with van der Waals surface area (Å²) in [5.41, 5.74) is 7.58. The fraction of sp³-hybridized carbons (Fsp3) is 0. The first kappa shape index (κ1) is 14.1. The summed E-state index contributed by atoms with van der Waals surface area (Å²) in [4.78, 5) is 15.8. The number of aromatic hydroxyl groups is 2. The Bertz CT molecular complexity index is 841. The van der Waals surface area contributed by atoms with Crippen LogP contribution in [0.25, 0.3) is 21.8 Å². The van der Waals surface area contributed by atoms with Crippen molar-refractivity contribution < 1.29 is 15.0 Å². The molecule has 1 aromatic heterocycles. The molecule has 3 aromatic rings.